The van der Waals surface area contributed by atoms with Crippen LogP contribution in [-0.4, -0.2) is 46.0 Å². The van der Waals surface area contributed by atoms with Gasteiger partial charge in [-0.1, -0.05) is 0 Å². The van der Waals surface area contributed by atoms with Crippen LogP contribution in [-0.2, 0) is 4.79 Å². The number of hydrogen-bond acceptors (Lipinski definition) is 5. The molecule has 3 rings (SSSR count). The molecule has 0 spiro atoms. The van der Waals surface area contributed by atoms with Crippen LogP contribution in [0.15, 0.2) is 24.5 Å². The average molecular weight is 350 g/mol. The molecule has 7 nitrogen and oxygen atoms in total. The first kappa shape index (κ1) is 17.0. The molecule has 1 unspecified atom stereocenters. The number of carbonyl (C=O) groups excluding carboxylic acids is 1. The van der Waals surface area contributed by atoms with Crippen LogP contribution < -0.4 is 10.6 Å². The summed E-state index contributed by atoms with van der Waals surface area (Å²) in [5.41, 5.74) is 0.708. The lowest BCUT2D eigenvalue weighted by Crippen LogP contribution is -2.53. The van der Waals surface area contributed by atoms with Gasteiger partial charge in [0.2, 0.25) is 5.92 Å². The monoisotopic (exact) mass is 350 g/mol. The van der Waals surface area contributed by atoms with Crippen LogP contribution in [0.1, 0.15) is 23.2 Å². The molecular weight excluding hydrogens is 334 g/mol. The largest absolute Gasteiger partial charge is 0.480 e. The van der Waals surface area contributed by atoms with E-state index in [1.54, 1.807) is 13.1 Å². The third-order valence-corrected chi connectivity index (χ3v) is 4.28. The van der Waals surface area contributed by atoms with Gasteiger partial charge in [0.1, 0.15) is 18.2 Å². The quantitative estimate of drug-likeness (QED) is 0.761. The van der Waals surface area contributed by atoms with E-state index in [1.165, 1.54) is 18.5 Å². The van der Waals surface area contributed by atoms with E-state index < -0.39 is 42.6 Å². The fraction of sp³-hybridized carbons (Fsp3) is 0.375. The summed E-state index contributed by atoms with van der Waals surface area (Å²) in [6.07, 6.45) is 0.258. The number of aliphatic carboxylic acids is 1. The van der Waals surface area contributed by atoms with Gasteiger partial charge in [-0.3, -0.25) is 4.79 Å². The van der Waals surface area contributed by atoms with Crippen LogP contribution in [0.25, 0.3) is 10.9 Å². The molecule has 1 aromatic heterocycles. The van der Waals surface area contributed by atoms with Crippen LogP contribution in [0, 0.1) is 5.92 Å². The number of halogens is 2. The highest BCUT2D eigenvalue weighted by molar-refractivity contribution is 6.01. The van der Waals surface area contributed by atoms with Crippen molar-refractivity contribution >= 4 is 28.6 Å². The second-order valence-corrected chi connectivity index (χ2v) is 6.02. The summed E-state index contributed by atoms with van der Waals surface area (Å²) in [4.78, 5) is 31.8. The van der Waals surface area contributed by atoms with Crippen molar-refractivity contribution < 1.29 is 23.5 Å². The van der Waals surface area contributed by atoms with Gasteiger partial charge in [0.05, 0.1) is 5.52 Å². The first-order valence-electron chi connectivity index (χ1n) is 7.65. The van der Waals surface area contributed by atoms with Crippen LogP contribution in [0.3, 0.4) is 0 Å². The molecule has 1 aromatic carbocycles. The number of hydrogen-bond donors (Lipinski definition) is 3. The fourth-order valence-corrected chi connectivity index (χ4v) is 2.95. The lowest BCUT2D eigenvalue weighted by Gasteiger charge is -2.38. The molecule has 0 radical (unpaired) electrons. The molecule has 9 heteroatoms. The molecule has 1 atom stereocenters. The third kappa shape index (κ3) is 3.35. The zero-order chi connectivity index (χ0) is 18.2. The fourth-order valence-electron chi connectivity index (χ4n) is 2.95. The van der Waals surface area contributed by atoms with E-state index in [4.69, 9.17) is 0 Å². The van der Waals surface area contributed by atoms with Crippen molar-refractivity contribution in [2.24, 2.45) is 5.92 Å². The molecule has 132 valence electrons. The molecule has 3 N–H and O–H groups in total. The van der Waals surface area contributed by atoms with Gasteiger partial charge in [-0.25, -0.2) is 23.5 Å². The molecule has 0 aliphatic heterocycles. The lowest BCUT2D eigenvalue weighted by molar-refractivity contribution is -0.152. The summed E-state index contributed by atoms with van der Waals surface area (Å²) in [5.74, 6) is -5.01. The zero-order valence-corrected chi connectivity index (χ0v) is 13.3. The Morgan fingerprint density at radius 1 is 1.32 bits per heavy atom. The molecule has 1 saturated carbocycles. The molecular formula is C16H16F2N4O3. The minimum atomic E-state index is -2.85. The smallest absolute Gasteiger partial charge is 0.326 e. The second-order valence-electron chi connectivity index (χ2n) is 6.02. The SMILES string of the molecule is CNc1ncnc2cc(C(=O)NC(C(=O)O)C3CC(F)(F)C3)ccc12. The van der Waals surface area contributed by atoms with Crippen molar-refractivity contribution in [3.63, 3.8) is 0 Å². The van der Waals surface area contributed by atoms with Gasteiger partial charge in [0.15, 0.2) is 0 Å². The van der Waals surface area contributed by atoms with Crippen LogP contribution in [0.2, 0.25) is 0 Å². The maximum atomic E-state index is 13.0. The zero-order valence-electron chi connectivity index (χ0n) is 13.3. The standard InChI is InChI=1S/C16H16F2N4O3/c1-19-13-10-3-2-8(4-11(10)20-7-21-13)14(23)22-12(15(24)25)9-5-16(17,18)6-9/h2-4,7,9,12H,5-6H2,1H3,(H,22,23)(H,24,25)(H,19,20,21). The molecule has 1 aliphatic carbocycles. The minimum absolute atomic E-state index is 0.200. The van der Waals surface area contributed by atoms with Gasteiger partial charge in [-0.2, -0.15) is 0 Å². The molecule has 25 heavy (non-hydrogen) atoms. The third-order valence-electron chi connectivity index (χ3n) is 4.28. The van der Waals surface area contributed by atoms with Gasteiger partial charge in [-0.15, -0.1) is 0 Å². The van der Waals surface area contributed by atoms with Crippen LogP contribution in [0.5, 0.6) is 0 Å². The summed E-state index contributed by atoms with van der Waals surface area (Å²) in [7, 11) is 1.70. The summed E-state index contributed by atoms with van der Waals surface area (Å²) in [6, 6.07) is 3.31. The number of rotatable bonds is 5. The number of carboxylic acids is 1. The number of benzene rings is 1. The van der Waals surface area contributed by atoms with E-state index in [0.717, 1.165) is 0 Å². The highest BCUT2D eigenvalue weighted by Crippen LogP contribution is 2.44. The predicted molar refractivity (Wildman–Crippen MR) is 85.6 cm³/mol. The van der Waals surface area contributed by atoms with Gasteiger partial charge < -0.3 is 15.7 Å². The Balaban J connectivity index is 1.80. The number of nitrogens with one attached hydrogen (secondary N) is 2. The summed E-state index contributed by atoms with van der Waals surface area (Å²) in [6.45, 7) is 0. The Labute approximate surface area is 141 Å². The number of carbonyl (C=O) groups is 2. The second kappa shape index (κ2) is 6.23. The summed E-state index contributed by atoms with van der Waals surface area (Å²) < 4.78 is 26.0. The highest BCUT2D eigenvalue weighted by atomic mass is 19.3. The molecule has 1 fully saturated rings. The maximum Gasteiger partial charge on any atom is 0.326 e. The van der Waals surface area contributed by atoms with E-state index >= 15 is 0 Å². The topological polar surface area (TPSA) is 104 Å². The summed E-state index contributed by atoms with van der Waals surface area (Å²) >= 11 is 0. The van der Waals surface area contributed by atoms with E-state index in [1.807, 2.05) is 0 Å². The number of nitrogens with zero attached hydrogens (tertiary/aromatic N) is 2. The molecule has 0 bridgehead atoms. The van der Waals surface area contributed by atoms with Crippen molar-refractivity contribution in [3.05, 3.63) is 30.1 Å². The van der Waals surface area contributed by atoms with Gasteiger partial charge in [0.25, 0.3) is 5.91 Å². The van der Waals surface area contributed by atoms with Crippen LogP contribution >= 0.6 is 0 Å². The Morgan fingerprint density at radius 2 is 2.04 bits per heavy atom. The Hall–Kier alpha value is -2.84. The first-order valence-corrected chi connectivity index (χ1v) is 7.65. The Bertz CT molecular complexity index is 835. The number of carboxylic acid groups (broad SMARTS) is 1. The highest BCUT2D eigenvalue weighted by Gasteiger charge is 2.50. The van der Waals surface area contributed by atoms with E-state index in [2.05, 4.69) is 20.6 Å². The van der Waals surface area contributed by atoms with Gasteiger partial charge >= 0.3 is 5.97 Å². The number of alkyl halides is 2. The van der Waals surface area contributed by atoms with Crippen LogP contribution in [0.4, 0.5) is 14.6 Å². The van der Waals surface area contributed by atoms with Crippen molar-refractivity contribution in [2.75, 3.05) is 12.4 Å². The lowest BCUT2D eigenvalue weighted by atomic mass is 9.76. The molecule has 1 heterocycles. The minimum Gasteiger partial charge on any atom is -0.480 e. The van der Waals surface area contributed by atoms with Crippen molar-refractivity contribution in [1.29, 1.82) is 0 Å². The Kier molecular flexibility index (Phi) is 4.23. The first-order chi connectivity index (χ1) is 11.8. The normalized spacial score (nSPS) is 17.6. The molecule has 2 aromatic rings. The van der Waals surface area contributed by atoms with E-state index in [-0.39, 0.29) is 5.56 Å². The van der Waals surface area contributed by atoms with E-state index in [0.29, 0.717) is 16.7 Å². The molecule has 1 aliphatic rings. The predicted octanol–water partition coefficient (Wildman–Crippen LogP) is 1.90. The molecule has 1 amide bonds. The number of anilines is 1. The number of aromatic nitrogens is 2. The number of fused-ring (bicyclic) bond motifs is 1. The Morgan fingerprint density at radius 3 is 2.64 bits per heavy atom. The van der Waals surface area contributed by atoms with Crippen molar-refractivity contribution in [1.82, 2.24) is 15.3 Å². The van der Waals surface area contributed by atoms with Gasteiger partial charge in [-0.05, 0) is 18.2 Å². The van der Waals surface area contributed by atoms with Crippen molar-refractivity contribution in [2.45, 2.75) is 24.8 Å². The van der Waals surface area contributed by atoms with Gasteiger partial charge in [0, 0.05) is 36.8 Å². The molecule has 0 saturated heterocycles. The maximum absolute atomic E-state index is 13.0. The summed E-state index contributed by atoms with van der Waals surface area (Å²) in [5, 5.41) is 15.2. The number of amides is 1. The average Bonchev–Trinajstić information content (AvgIpc) is 2.55. The van der Waals surface area contributed by atoms with Crippen molar-refractivity contribution in [3.8, 4) is 0 Å². The van der Waals surface area contributed by atoms with E-state index in [9.17, 15) is 23.5 Å².